The summed E-state index contributed by atoms with van der Waals surface area (Å²) in [6.45, 7) is 0. The van der Waals surface area contributed by atoms with Crippen LogP contribution in [-0.2, 0) is 6.42 Å². The lowest BCUT2D eigenvalue weighted by atomic mass is 9.97. The molecule has 6 nitrogen and oxygen atoms in total. The molecule has 2 aromatic carbocycles. The zero-order valence-corrected chi connectivity index (χ0v) is 20.0. The number of anilines is 2. The number of benzene rings is 2. The molecule has 2 aliphatic heterocycles. The predicted octanol–water partition coefficient (Wildman–Crippen LogP) is 5.42. The van der Waals surface area contributed by atoms with Gasteiger partial charge in [0.2, 0.25) is 0 Å². The highest BCUT2D eigenvalue weighted by Gasteiger charge is 2.40. The highest BCUT2D eigenvalue weighted by atomic mass is 16.2. The lowest BCUT2D eigenvalue weighted by molar-refractivity contribution is 0.106. The number of aryl methyl sites for hydroxylation is 1. The van der Waals surface area contributed by atoms with Crippen LogP contribution in [0.2, 0.25) is 0 Å². The zero-order valence-electron chi connectivity index (χ0n) is 20.0. The van der Waals surface area contributed by atoms with E-state index in [4.69, 9.17) is 4.98 Å². The molecular formula is C28H33N5O. The van der Waals surface area contributed by atoms with Gasteiger partial charge in [0.15, 0.2) is 0 Å². The van der Waals surface area contributed by atoms with Crippen LogP contribution in [0, 0.1) is 0 Å². The van der Waals surface area contributed by atoms with Gasteiger partial charge in [-0.15, -0.1) is 0 Å². The maximum atomic E-state index is 13.0. The van der Waals surface area contributed by atoms with Gasteiger partial charge >= 0.3 is 6.03 Å². The summed E-state index contributed by atoms with van der Waals surface area (Å²) in [4.78, 5) is 22.2. The fraction of sp³-hybridized carbons (Fsp3) is 0.429. The second-order valence-corrected chi connectivity index (χ2v) is 10.3. The van der Waals surface area contributed by atoms with Gasteiger partial charge in [0, 0.05) is 36.2 Å². The number of nitrogens with zero attached hydrogens (tertiary/aromatic N) is 3. The van der Waals surface area contributed by atoms with Gasteiger partial charge in [0.25, 0.3) is 0 Å². The Bertz CT molecular complexity index is 1210. The Labute approximate surface area is 201 Å². The number of piperidine rings is 1. The van der Waals surface area contributed by atoms with Crippen LogP contribution in [0.3, 0.4) is 0 Å². The van der Waals surface area contributed by atoms with Gasteiger partial charge in [-0.25, -0.2) is 9.78 Å². The van der Waals surface area contributed by atoms with Crippen LogP contribution in [0.25, 0.3) is 10.9 Å². The monoisotopic (exact) mass is 455 g/mol. The van der Waals surface area contributed by atoms with Crippen molar-refractivity contribution in [1.29, 1.82) is 0 Å². The minimum atomic E-state index is -0.0283. The molecule has 0 saturated carbocycles. The summed E-state index contributed by atoms with van der Waals surface area (Å²) >= 11 is 0. The number of pyridine rings is 1. The number of hydrogen-bond donors (Lipinski definition) is 2. The molecule has 2 bridgehead atoms. The van der Waals surface area contributed by atoms with E-state index in [1.54, 1.807) is 0 Å². The molecule has 6 rings (SSSR count). The van der Waals surface area contributed by atoms with E-state index in [0.29, 0.717) is 24.2 Å². The van der Waals surface area contributed by atoms with Crippen molar-refractivity contribution in [3.8, 4) is 0 Å². The Morgan fingerprint density at radius 2 is 1.82 bits per heavy atom. The Balaban J connectivity index is 1.12. The van der Waals surface area contributed by atoms with E-state index in [1.165, 1.54) is 24.0 Å². The summed E-state index contributed by atoms with van der Waals surface area (Å²) in [5.74, 6) is 0.891. The van der Waals surface area contributed by atoms with Crippen molar-refractivity contribution in [2.75, 3.05) is 24.7 Å². The first-order valence-corrected chi connectivity index (χ1v) is 12.6. The van der Waals surface area contributed by atoms with Gasteiger partial charge < -0.3 is 20.4 Å². The standard InChI is InChI=1S/C28H33N5O/c1-32-21-10-11-22(32)17-23(16-21)33(2)28(34)29-20-9-13-25-19(15-20)8-14-27(30-25)31-26-12-7-18-5-3-4-6-24(18)26/h3-6,8-9,13-15,21-23,26H,7,10-12,16-17H2,1-2H3,(H,29,34)(H,30,31)/t21?,22?,23?,26-/m1/s1. The minimum Gasteiger partial charge on any atom is -0.363 e. The number of carbonyl (C=O) groups excluding carboxylic acids is 1. The average Bonchev–Trinajstić information content (AvgIpc) is 3.32. The SMILES string of the molecule is CN(C(=O)Nc1ccc2nc(N[C@@H]3CCc4ccccc43)ccc2c1)C1CC2CCC(C1)N2C. The number of carbonyl (C=O) groups is 1. The first kappa shape index (κ1) is 21.4. The Morgan fingerprint density at radius 1 is 1.03 bits per heavy atom. The second-order valence-electron chi connectivity index (χ2n) is 10.3. The Morgan fingerprint density at radius 3 is 2.65 bits per heavy atom. The summed E-state index contributed by atoms with van der Waals surface area (Å²) in [5, 5.41) is 7.74. The van der Waals surface area contributed by atoms with E-state index in [2.05, 4.69) is 52.9 Å². The van der Waals surface area contributed by atoms with Crippen molar-refractivity contribution >= 4 is 28.4 Å². The van der Waals surface area contributed by atoms with E-state index in [0.717, 1.165) is 48.1 Å². The van der Waals surface area contributed by atoms with Crippen LogP contribution in [0.5, 0.6) is 0 Å². The van der Waals surface area contributed by atoms with E-state index in [9.17, 15) is 4.79 Å². The first-order chi connectivity index (χ1) is 16.5. The topological polar surface area (TPSA) is 60.5 Å². The molecular weight excluding hydrogens is 422 g/mol. The third-order valence-electron chi connectivity index (χ3n) is 8.34. The molecule has 3 heterocycles. The molecule has 6 heteroatoms. The van der Waals surface area contributed by atoms with Crippen LogP contribution >= 0.6 is 0 Å². The maximum absolute atomic E-state index is 13.0. The number of urea groups is 1. The third kappa shape index (κ3) is 3.90. The molecule has 34 heavy (non-hydrogen) atoms. The summed E-state index contributed by atoms with van der Waals surface area (Å²) in [7, 11) is 4.17. The number of nitrogens with one attached hydrogen (secondary N) is 2. The second kappa shape index (κ2) is 8.58. The molecule has 0 spiro atoms. The summed E-state index contributed by atoms with van der Waals surface area (Å²) < 4.78 is 0. The molecule has 2 N–H and O–H groups in total. The van der Waals surface area contributed by atoms with Gasteiger partial charge in [0.05, 0.1) is 11.6 Å². The molecule has 176 valence electrons. The smallest absolute Gasteiger partial charge is 0.321 e. The largest absolute Gasteiger partial charge is 0.363 e. The van der Waals surface area contributed by atoms with Crippen molar-refractivity contribution in [1.82, 2.24) is 14.8 Å². The maximum Gasteiger partial charge on any atom is 0.321 e. The van der Waals surface area contributed by atoms with E-state index in [-0.39, 0.29) is 6.03 Å². The number of rotatable bonds is 4. The highest BCUT2D eigenvalue weighted by Crippen LogP contribution is 2.36. The van der Waals surface area contributed by atoms with Crippen molar-refractivity contribution in [2.45, 2.75) is 62.7 Å². The predicted molar refractivity (Wildman–Crippen MR) is 137 cm³/mol. The van der Waals surface area contributed by atoms with Gasteiger partial charge in [-0.2, -0.15) is 0 Å². The summed E-state index contributed by atoms with van der Waals surface area (Å²) in [5.41, 5.74) is 4.55. The summed E-state index contributed by atoms with van der Waals surface area (Å²) in [6.07, 6.45) is 6.86. The van der Waals surface area contributed by atoms with Gasteiger partial charge in [-0.1, -0.05) is 24.3 Å². The molecule has 0 radical (unpaired) electrons. The van der Waals surface area contributed by atoms with Crippen molar-refractivity contribution in [3.63, 3.8) is 0 Å². The van der Waals surface area contributed by atoms with Gasteiger partial charge in [-0.3, -0.25) is 0 Å². The van der Waals surface area contributed by atoms with Gasteiger partial charge in [0.1, 0.15) is 5.82 Å². The minimum absolute atomic E-state index is 0.0283. The highest BCUT2D eigenvalue weighted by molar-refractivity contribution is 5.93. The fourth-order valence-electron chi connectivity index (χ4n) is 6.25. The van der Waals surface area contributed by atoms with Crippen molar-refractivity contribution in [3.05, 3.63) is 65.7 Å². The van der Waals surface area contributed by atoms with Crippen LogP contribution in [-0.4, -0.2) is 53.0 Å². The van der Waals surface area contributed by atoms with Crippen LogP contribution in [0.1, 0.15) is 49.3 Å². The Hall–Kier alpha value is -3.12. The molecule has 3 atom stereocenters. The lowest BCUT2D eigenvalue weighted by Gasteiger charge is -2.40. The normalized spacial score (nSPS) is 25.8. The fourth-order valence-corrected chi connectivity index (χ4v) is 6.25. The van der Waals surface area contributed by atoms with E-state index in [1.807, 2.05) is 36.2 Å². The average molecular weight is 456 g/mol. The van der Waals surface area contributed by atoms with Crippen LogP contribution < -0.4 is 10.6 Å². The first-order valence-electron chi connectivity index (χ1n) is 12.6. The molecule has 2 unspecified atom stereocenters. The number of aromatic nitrogens is 1. The van der Waals surface area contributed by atoms with E-state index < -0.39 is 0 Å². The van der Waals surface area contributed by atoms with Crippen molar-refractivity contribution < 1.29 is 4.79 Å². The zero-order chi connectivity index (χ0) is 23.2. The molecule has 3 aliphatic rings. The molecule has 1 aromatic heterocycles. The van der Waals surface area contributed by atoms with Crippen LogP contribution in [0.4, 0.5) is 16.3 Å². The quantitative estimate of drug-likeness (QED) is 0.551. The molecule has 3 aromatic rings. The molecule has 2 fully saturated rings. The number of fused-ring (bicyclic) bond motifs is 4. The number of hydrogen-bond acceptors (Lipinski definition) is 4. The molecule has 2 amide bonds. The molecule has 1 aliphatic carbocycles. The number of amides is 2. The summed E-state index contributed by atoms with van der Waals surface area (Å²) in [6, 6.07) is 20.6. The third-order valence-corrected chi connectivity index (χ3v) is 8.34. The van der Waals surface area contributed by atoms with Gasteiger partial charge in [-0.05, 0) is 87.0 Å². The van der Waals surface area contributed by atoms with Crippen molar-refractivity contribution in [2.24, 2.45) is 0 Å². The Kier molecular flexibility index (Phi) is 5.41. The van der Waals surface area contributed by atoms with Crippen LogP contribution in [0.15, 0.2) is 54.6 Å². The van der Waals surface area contributed by atoms with E-state index >= 15 is 0 Å². The molecule has 2 saturated heterocycles. The lowest BCUT2D eigenvalue weighted by Crippen LogP contribution is -2.50.